The molecule has 2 rings (SSSR count). The summed E-state index contributed by atoms with van der Waals surface area (Å²) in [6.07, 6.45) is 0. The smallest absolute Gasteiger partial charge is 0.251 e. The van der Waals surface area contributed by atoms with Gasteiger partial charge in [-0.25, -0.2) is 0 Å². The Labute approximate surface area is 172 Å². The Hall–Kier alpha value is -2.15. The zero-order valence-electron chi connectivity index (χ0n) is 15.7. The van der Waals surface area contributed by atoms with Crippen molar-refractivity contribution in [1.29, 1.82) is 0 Å². The maximum atomic E-state index is 12.2. The molecule has 27 heavy (non-hydrogen) atoms. The number of methoxy groups -OCH3 is 1. The number of carbonyl (C=O) groups excluding carboxylic acids is 1. The summed E-state index contributed by atoms with van der Waals surface area (Å²) in [6.45, 7) is 1.79. The first-order chi connectivity index (χ1) is 12.0. The van der Waals surface area contributed by atoms with E-state index in [1.807, 2.05) is 37.2 Å². The molecule has 0 saturated carbocycles. The van der Waals surface area contributed by atoms with E-state index >= 15 is 0 Å². The zero-order chi connectivity index (χ0) is 18.2. The highest BCUT2D eigenvalue weighted by molar-refractivity contribution is 5.94. The van der Waals surface area contributed by atoms with Crippen molar-refractivity contribution in [1.82, 2.24) is 10.2 Å². The van der Waals surface area contributed by atoms with Crippen LogP contribution in [0.2, 0.25) is 0 Å². The Kier molecular flexibility index (Phi) is 11.3. The SMILES string of the molecule is COc1cc(CNC(=O)c2cccc(N)c2)ccc1OCCN(C)C.Cl.Cl. The number of nitrogens with two attached hydrogens (primary N) is 1. The van der Waals surface area contributed by atoms with Crippen LogP contribution in [0.1, 0.15) is 15.9 Å². The fourth-order valence-corrected chi connectivity index (χ4v) is 2.24. The molecule has 0 radical (unpaired) electrons. The van der Waals surface area contributed by atoms with Crippen LogP contribution in [-0.4, -0.2) is 45.2 Å². The van der Waals surface area contributed by atoms with Gasteiger partial charge in [0, 0.05) is 24.3 Å². The molecule has 0 saturated heterocycles. The van der Waals surface area contributed by atoms with E-state index in [2.05, 4.69) is 5.32 Å². The lowest BCUT2D eigenvalue weighted by Gasteiger charge is -2.14. The predicted molar refractivity (Wildman–Crippen MR) is 114 cm³/mol. The van der Waals surface area contributed by atoms with Gasteiger partial charge < -0.3 is 25.4 Å². The topological polar surface area (TPSA) is 76.8 Å². The molecule has 6 nitrogen and oxygen atoms in total. The minimum Gasteiger partial charge on any atom is -0.493 e. The highest BCUT2D eigenvalue weighted by Gasteiger charge is 2.09. The minimum atomic E-state index is -0.169. The van der Waals surface area contributed by atoms with Gasteiger partial charge in [-0.2, -0.15) is 0 Å². The Balaban J connectivity index is 0.00000338. The number of nitrogens with one attached hydrogen (secondary N) is 1. The largest absolute Gasteiger partial charge is 0.493 e. The molecule has 2 aromatic rings. The van der Waals surface area contributed by atoms with Crippen molar-refractivity contribution in [2.45, 2.75) is 6.54 Å². The molecule has 0 heterocycles. The number of amides is 1. The van der Waals surface area contributed by atoms with E-state index in [4.69, 9.17) is 15.2 Å². The lowest BCUT2D eigenvalue weighted by atomic mass is 10.1. The van der Waals surface area contributed by atoms with Gasteiger partial charge in [0.2, 0.25) is 0 Å². The van der Waals surface area contributed by atoms with Crippen LogP contribution in [0.4, 0.5) is 5.69 Å². The van der Waals surface area contributed by atoms with E-state index in [1.54, 1.807) is 31.4 Å². The monoisotopic (exact) mass is 415 g/mol. The number of hydrogen-bond acceptors (Lipinski definition) is 5. The van der Waals surface area contributed by atoms with E-state index in [0.29, 0.717) is 35.9 Å². The molecule has 0 spiro atoms. The third kappa shape index (κ3) is 7.95. The van der Waals surface area contributed by atoms with Crippen molar-refractivity contribution in [3.8, 4) is 11.5 Å². The van der Waals surface area contributed by atoms with Gasteiger partial charge in [0.1, 0.15) is 6.61 Å². The van der Waals surface area contributed by atoms with Gasteiger partial charge >= 0.3 is 0 Å². The van der Waals surface area contributed by atoms with E-state index in [0.717, 1.165) is 12.1 Å². The molecule has 0 fully saturated rings. The minimum absolute atomic E-state index is 0. The van der Waals surface area contributed by atoms with Crippen molar-refractivity contribution in [2.24, 2.45) is 0 Å². The van der Waals surface area contributed by atoms with Crippen molar-refractivity contribution < 1.29 is 14.3 Å². The standard InChI is InChI=1S/C19H25N3O3.2ClH/c1-22(2)9-10-25-17-8-7-14(11-18(17)24-3)13-21-19(23)15-5-4-6-16(20)12-15;;/h4-8,11-12H,9-10,13,20H2,1-3H3,(H,21,23);2*1H. The molecule has 0 atom stereocenters. The van der Waals surface area contributed by atoms with Crippen LogP contribution >= 0.6 is 24.8 Å². The predicted octanol–water partition coefficient (Wildman–Crippen LogP) is 2.99. The molecule has 0 aliphatic carbocycles. The lowest BCUT2D eigenvalue weighted by Crippen LogP contribution is -2.23. The molecule has 1 amide bonds. The zero-order valence-corrected chi connectivity index (χ0v) is 17.4. The Morgan fingerprint density at radius 2 is 1.85 bits per heavy atom. The number of nitrogens with zero attached hydrogens (tertiary/aromatic N) is 1. The summed E-state index contributed by atoms with van der Waals surface area (Å²) in [5.74, 6) is 1.17. The van der Waals surface area contributed by atoms with Crippen molar-refractivity contribution in [3.05, 3.63) is 53.6 Å². The number of likely N-dealkylation sites (N-methyl/N-ethyl adjacent to an activating group) is 1. The summed E-state index contributed by atoms with van der Waals surface area (Å²) in [5, 5.41) is 2.87. The van der Waals surface area contributed by atoms with Gasteiger partial charge in [-0.15, -0.1) is 24.8 Å². The van der Waals surface area contributed by atoms with Gasteiger partial charge in [0.05, 0.1) is 7.11 Å². The molecule has 0 aliphatic heterocycles. The number of benzene rings is 2. The van der Waals surface area contributed by atoms with Crippen molar-refractivity contribution in [3.63, 3.8) is 0 Å². The number of nitrogen functional groups attached to an aromatic ring is 1. The van der Waals surface area contributed by atoms with Crippen LogP contribution in [-0.2, 0) is 6.54 Å². The summed E-state index contributed by atoms with van der Waals surface area (Å²) in [6, 6.07) is 12.5. The van der Waals surface area contributed by atoms with Gasteiger partial charge in [0.15, 0.2) is 11.5 Å². The van der Waals surface area contributed by atoms with E-state index in [-0.39, 0.29) is 30.7 Å². The van der Waals surface area contributed by atoms with E-state index in [9.17, 15) is 4.79 Å². The number of rotatable bonds is 8. The summed E-state index contributed by atoms with van der Waals surface area (Å²) < 4.78 is 11.1. The normalized spacial score (nSPS) is 9.78. The average Bonchev–Trinajstić information content (AvgIpc) is 2.60. The summed E-state index contributed by atoms with van der Waals surface area (Å²) >= 11 is 0. The van der Waals surface area contributed by atoms with Crippen molar-refractivity contribution >= 4 is 36.4 Å². The highest BCUT2D eigenvalue weighted by atomic mass is 35.5. The second-order valence-corrected chi connectivity index (χ2v) is 5.95. The van der Waals surface area contributed by atoms with Gasteiger partial charge in [0.25, 0.3) is 5.91 Å². The number of halogens is 2. The van der Waals surface area contributed by atoms with Crippen LogP contribution in [0, 0.1) is 0 Å². The van der Waals surface area contributed by atoms with Crippen molar-refractivity contribution in [2.75, 3.05) is 40.1 Å². The first-order valence-corrected chi connectivity index (χ1v) is 8.08. The first kappa shape index (κ1) is 24.8. The fraction of sp³-hybridized carbons (Fsp3) is 0.316. The third-order valence-corrected chi connectivity index (χ3v) is 3.63. The molecular weight excluding hydrogens is 389 g/mol. The molecular formula is C19H27Cl2N3O3. The molecule has 0 unspecified atom stereocenters. The molecule has 0 aliphatic rings. The van der Waals surface area contributed by atoms with Gasteiger partial charge in [-0.1, -0.05) is 12.1 Å². The third-order valence-electron chi connectivity index (χ3n) is 3.63. The second-order valence-electron chi connectivity index (χ2n) is 5.95. The maximum absolute atomic E-state index is 12.2. The molecule has 150 valence electrons. The number of carbonyl (C=O) groups is 1. The Morgan fingerprint density at radius 1 is 1.11 bits per heavy atom. The average molecular weight is 416 g/mol. The highest BCUT2D eigenvalue weighted by Crippen LogP contribution is 2.28. The molecule has 8 heteroatoms. The Morgan fingerprint density at radius 3 is 2.48 bits per heavy atom. The number of ether oxygens (including phenoxy) is 2. The Bertz CT molecular complexity index is 727. The summed E-state index contributed by atoms with van der Waals surface area (Å²) in [5.41, 5.74) is 7.73. The number of hydrogen-bond donors (Lipinski definition) is 2. The van der Waals surface area contributed by atoms with Crippen LogP contribution in [0.25, 0.3) is 0 Å². The van der Waals surface area contributed by atoms with Gasteiger partial charge in [-0.3, -0.25) is 4.79 Å². The number of anilines is 1. The molecule has 0 aromatic heterocycles. The van der Waals surface area contributed by atoms with Crippen LogP contribution < -0.4 is 20.5 Å². The van der Waals surface area contributed by atoms with Crippen LogP contribution in [0.15, 0.2) is 42.5 Å². The molecule has 2 aromatic carbocycles. The molecule has 0 bridgehead atoms. The van der Waals surface area contributed by atoms with Crippen LogP contribution in [0.3, 0.4) is 0 Å². The summed E-state index contributed by atoms with van der Waals surface area (Å²) in [4.78, 5) is 14.2. The maximum Gasteiger partial charge on any atom is 0.251 e. The lowest BCUT2D eigenvalue weighted by molar-refractivity contribution is 0.0951. The fourth-order valence-electron chi connectivity index (χ4n) is 2.24. The quantitative estimate of drug-likeness (QED) is 0.647. The first-order valence-electron chi connectivity index (χ1n) is 8.08. The van der Waals surface area contributed by atoms with Crippen LogP contribution in [0.5, 0.6) is 11.5 Å². The van der Waals surface area contributed by atoms with Gasteiger partial charge in [-0.05, 0) is 50.0 Å². The second kappa shape index (κ2) is 12.3. The molecule has 3 N–H and O–H groups in total. The van der Waals surface area contributed by atoms with E-state index in [1.165, 1.54) is 0 Å². The summed E-state index contributed by atoms with van der Waals surface area (Å²) in [7, 11) is 5.59. The van der Waals surface area contributed by atoms with E-state index < -0.39 is 0 Å².